The predicted molar refractivity (Wildman–Crippen MR) is 78.4 cm³/mol. The maximum atomic E-state index is 11.7. The van der Waals surface area contributed by atoms with Crippen molar-refractivity contribution in [2.75, 3.05) is 25.0 Å². The summed E-state index contributed by atoms with van der Waals surface area (Å²) in [5, 5.41) is 21.5. The van der Waals surface area contributed by atoms with Gasteiger partial charge in [0.2, 0.25) is 5.91 Å². The molecular weight excluding hydrogens is 254 g/mol. The SMILES string of the molecule is CCCNC(=O)CN(C)c1cc(C#N)ccc1C(C)O. The number of aliphatic hydroxyl groups is 1. The third kappa shape index (κ3) is 4.25. The Bertz CT molecular complexity index is 506. The van der Waals surface area contributed by atoms with E-state index in [-0.39, 0.29) is 12.5 Å². The fraction of sp³-hybridized carbons (Fsp3) is 0.467. The Hall–Kier alpha value is -2.06. The van der Waals surface area contributed by atoms with Crippen LogP contribution in [0.2, 0.25) is 0 Å². The highest BCUT2D eigenvalue weighted by molar-refractivity contribution is 5.81. The number of benzene rings is 1. The molecule has 1 rings (SSSR count). The highest BCUT2D eigenvalue weighted by Gasteiger charge is 2.14. The van der Waals surface area contributed by atoms with Crippen LogP contribution in [0.4, 0.5) is 5.69 Å². The molecule has 0 aliphatic rings. The maximum absolute atomic E-state index is 11.7. The van der Waals surface area contributed by atoms with Crippen molar-refractivity contribution in [2.24, 2.45) is 0 Å². The summed E-state index contributed by atoms with van der Waals surface area (Å²) in [4.78, 5) is 13.5. The van der Waals surface area contributed by atoms with Crippen molar-refractivity contribution in [3.63, 3.8) is 0 Å². The van der Waals surface area contributed by atoms with Crippen molar-refractivity contribution in [3.8, 4) is 6.07 Å². The molecule has 20 heavy (non-hydrogen) atoms. The molecule has 1 aromatic carbocycles. The molecule has 0 fully saturated rings. The molecule has 5 heteroatoms. The number of likely N-dealkylation sites (N-methyl/N-ethyl adjacent to an activating group) is 1. The van der Waals surface area contributed by atoms with Crippen LogP contribution in [0.25, 0.3) is 0 Å². The molecule has 0 aliphatic carbocycles. The summed E-state index contributed by atoms with van der Waals surface area (Å²) in [5.74, 6) is -0.0757. The van der Waals surface area contributed by atoms with E-state index in [1.54, 1.807) is 37.1 Å². The van der Waals surface area contributed by atoms with Crippen molar-refractivity contribution in [1.82, 2.24) is 5.32 Å². The average molecular weight is 275 g/mol. The summed E-state index contributed by atoms with van der Waals surface area (Å²) in [6, 6.07) is 7.14. The number of nitriles is 1. The lowest BCUT2D eigenvalue weighted by Gasteiger charge is -2.23. The van der Waals surface area contributed by atoms with Gasteiger partial charge in [-0.1, -0.05) is 13.0 Å². The van der Waals surface area contributed by atoms with Gasteiger partial charge in [-0.05, 0) is 25.5 Å². The van der Waals surface area contributed by atoms with Crippen LogP contribution in [0.1, 0.15) is 37.5 Å². The van der Waals surface area contributed by atoms with Crippen LogP contribution in [0.3, 0.4) is 0 Å². The smallest absolute Gasteiger partial charge is 0.239 e. The van der Waals surface area contributed by atoms with Crippen molar-refractivity contribution in [1.29, 1.82) is 5.26 Å². The van der Waals surface area contributed by atoms with Crippen LogP contribution in [-0.4, -0.2) is 31.2 Å². The number of carbonyl (C=O) groups is 1. The van der Waals surface area contributed by atoms with Gasteiger partial charge in [0.1, 0.15) is 0 Å². The van der Waals surface area contributed by atoms with Gasteiger partial charge in [-0.2, -0.15) is 5.26 Å². The van der Waals surface area contributed by atoms with Crippen LogP contribution in [0.5, 0.6) is 0 Å². The van der Waals surface area contributed by atoms with E-state index < -0.39 is 6.10 Å². The second-order valence-electron chi connectivity index (χ2n) is 4.77. The average Bonchev–Trinajstić information content (AvgIpc) is 2.44. The van der Waals surface area contributed by atoms with E-state index in [9.17, 15) is 9.90 Å². The first kappa shape index (κ1) is 16.0. The Kier molecular flexibility index (Phi) is 6.01. The van der Waals surface area contributed by atoms with Crippen molar-refractivity contribution in [2.45, 2.75) is 26.4 Å². The normalized spacial score (nSPS) is 11.6. The summed E-state index contributed by atoms with van der Waals surface area (Å²) in [7, 11) is 1.77. The predicted octanol–water partition coefficient (Wildman–Crippen LogP) is 1.57. The molecule has 108 valence electrons. The number of nitrogens with one attached hydrogen (secondary N) is 1. The minimum absolute atomic E-state index is 0.0757. The second-order valence-corrected chi connectivity index (χ2v) is 4.77. The molecule has 0 radical (unpaired) electrons. The van der Waals surface area contributed by atoms with Crippen molar-refractivity contribution < 1.29 is 9.90 Å². The second kappa shape index (κ2) is 7.51. The van der Waals surface area contributed by atoms with Crippen molar-refractivity contribution >= 4 is 11.6 Å². The van der Waals surface area contributed by atoms with E-state index in [1.165, 1.54) is 0 Å². The maximum Gasteiger partial charge on any atom is 0.239 e. The molecule has 1 unspecified atom stereocenters. The van der Waals surface area contributed by atoms with E-state index in [0.717, 1.165) is 6.42 Å². The molecule has 0 heterocycles. The van der Waals surface area contributed by atoms with E-state index in [0.29, 0.717) is 23.4 Å². The molecular formula is C15H21N3O2. The molecule has 2 N–H and O–H groups in total. The minimum Gasteiger partial charge on any atom is -0.389 e. The molecule has 0 saturated heterocycles. The van der Waals surface area contributed by atoms with Gasteiger partial charge in [0.25, 0.3) is 0 Å². The number of hydrogen-bond donors (Lipinski definition) is 2. The van der Waals surface area contributed by atoms with E-state index >= 15 is 0 Å². The number of hydrogen-bond acceptors (Lipinski definition) is 4. The molecule has 1 aromatic rings. The summed E-state index contributed by atoms with van der Waals surface area (Å²) >= 11 is 0. The Morgan fingerprint density at radius 3 is 2.80 bits per heavy atom. The molecule has 0 bridgehead atoms. The minimum atomic E-state index is -0.654. The number of amides is 1. The van der Waals surface area contributed by atoms with Crippen LogP contribution in [0.15, 0.2) is 18.2 Å². The molecule has 0 saturated carbocycles. The van der Waals surface area contributed by atoms with Gasteiger partial charge in [-0.3, -0.25) is 4.79 Å². The molecule has 5 nitrogen and oxygen atoms in total. The number of nitrogens with zero attached hydrogens (tertiary/aromatic N) is 2. The van der Waals surface area contributed by atoms with E-state index in [1.807, 2.05) is 6.92 Å². The van der Waals surface area contributed by atoms with Crippen LogP contribution in [-0.2, 0) is 4.79 Å². The first-order valence-electron chi connectivity index (χ1n) is 6.69. The molecule has 0 spiro atoms. The van der Waals surface area contributed by atoms with Crippen LogP contribution < -0.4 is 10.2 Å². The highest BCUT2D eigenvalue weighted by Crippen LogP contribution is 2.26. The Labute approximate surface area is 119 Å². The summed E-state index contributed by atoms with van der Waals surface area (Å²) in [5.41, 5.74) is 1.91. The third-order valence-corrected chi connectivity index (χ3v) is 2.97. The van der Waals surface area contributed by atoms with Crippen LogP contribution in [0, 0.1) is 11.3 Å². The first-order chi connectivity index (χ1) is 9.49. The quantitative estimate of drug-likeness (QED) is 0.826. The fourth-order valence-corrected chi connectivity index (χ4v) is 1.92. The lowest BCUT2D eigenvalue weighted by Crippen LogP contribution is -2.36. The zero-order valence-electron chi connectivity index (χ0n) is 12.2. The summed E-state index contributed by atoms with van der Waals surface area (Å²) < 4.78 is 0. The molecule has 1 atom stereocenters. The van der Waals surface area contributed by atoms with Gasteiger partial charge in [0, 0.05) is 24.8 Å². The number of aliphatic hydroxyl groups excluding tert-OH is 1. The van der Waals surface area contributed by atoms with Gasteiger partial charge >= 0.3 is 0 Å². The van der Waals surface area contributed by atoms with Crippen molar-refractivity contribution in [3.05, 3.63) is 29.3 Å². The largest absolute Gasteiger partial charge is 0.389 e. The zero-order valence-corrected chi connectivity index (χ0v) is 12.2. The summed E-state index contributed by atoms with van der Waals surface area (Å²) in [6.07, 6.45) is 0.233. The van der Waals surface area contributed by atoms with Gasteiger partial charge in [0.05, 0.1) is 24.3 Å². The van der Waals surface area contributed by atoms with Gasteiger partial charge < -0.3 is 15.3 Å². The molecule has 1 amide bonds. The number of carbonyl (C=O) groups excluding carboxylic acids is 1. The lowest BCUT2D eigenvalue weighted by molar-refractivity contribution is -0.119. The molecule has 0 aliphatic heterocycles. The topological polar surface area (TPSA) is 76.4 Å². The monoisotopic (exact) mass is 275 g/mol. The fourth-order valence-electron chi connectivity index (χ4n) is 1.92. The highest BCUT2D eigenvalue weighted by atomic mass is 16.3. The third-order valence-electron chi connectivity index (χ3n) is 2.97. The number of anilines is 1. The first-order valence-corrected chi connectivity index (χ1v) is 6.69. The Morgan fingerprint density at radius 1 is 1.55 bits per heavy atom. The standard InChI is InChI=1S/C15H21N3O2/c1-4-7-17-15(20)10-18(3)14-8-12(9-16)5-6-13(14)11(2)19/h5-6,8,11,19H,4,7,10H2,1-3H3,(H,17,20). The Balaban J connectivity index is 2.92. The van der Waals surface area contributed by atoms with Crippen LogP contribution >= 0.6 is 0 Å². The van der Waals surface area contributed by atoms with Gasteiger partial charge in [-0.25, -0.2) is 0 Å². The van der Waals surface area contributed by atoms with Gasteiger partial charge in [-0.15, -0.1) is 0 Å². The zero-order chi connectivity index (χ0) is 15.1. The lowest BCUT2D eigenvalue weighted by atomic mass is 10.0. The summed E-state index contributed by atoms with van der Waals surface area (Å²) in [6.45, 7) is 4.49. The number of rotatable bonds is 6. The molecule has 0 aromatic heterocycles. The van der Waals surface area contributed by atoms with Gasteiger partial charge in [0.15, 0.2) is 0 Å². The Morgan fingerprint density at radius 2 is 2.25 bits per heavy atom. The van der Waals surface area contributed by atoms with E-state index in [2.05, 4.69) is 11.4 Å². The van der Waals surface area contributed by atoms with E-state index in [4.69, 9.17) is 5.26 Å².